The molecule has 2 aromatic heterocycles. The first-order valence-corrected chi connectivity index (χ1v) is 13.2. The van der Waals surface area contributed by atoms with Crippen molar-refractivity contribution in [3.8, 4) is 16.9 Å². The Kier molecular flexibility index (Phi) is 7.43. The molecule has 0 saturated carbocycles. The number of phenolic OH excluding ortho intramolecular Hbond substituents is 1. The summed E-state index contributed by atoms with van der Waals surface area (Å²) in [7, 11) is 4.23. The summed E-state index contributed by atoms with van der Waals surface area (Å²) in [5.41, 5.74) is 4.79. The zero-order chi connectivity index (χ0) is 27.0. The quantitative estimate of drug-likeness (QED) is 0.279. The molecule has 1 saturated heterocycles. The van der Waals surface area contributed by atoms with E-state index < -0.39 is 0 Å². The highest BCUT2D eigenvalue weighted by Crippen LogP contribution is 2.38. The van der Waals surface area contributed by atoms with Crippen molar-refractivity contribution in [2.24, 2.45) is 0 Å². The molecule has 0 spiro atoms. The van der Waals surface area contributed by atoms with Crippen LogP contribution in [0.4, 0.5) is 17.2 Å². The standard InChI is InChI=1S/C29H29Cl2N5O2/c1-17(37)10-20-14-32-26-6-4-18(19-12-24(30)29(38)25(31)13-19)11-23(26)28(20)34-21-5-7-27(33-15-21)36-9-8-22(16-36)35(2)3/h4-7,11-15,22,38H,8-10,16H2,1-3H3,(H,32,34). The summed E-state index contributed by atoms with van der Waals surface area (Å²) in [6, 6.07) is 13.7. The number of nitrogens with one attached hydrogen (secondary N) is 1. The first kappa shape index (κ1) is 26.2. The number of aromatic nitrogens is 2. The number of carbonyl (C=O) groups excluding carboxylic acids is 1. The van der Waals surface area contributed by atoms with E-state index in [1.165, 1.54) is 0 Å². The molecule has 5 rings (SSSR count). The molecule has 1 aliphatic rings. The number of hydrogen-bond donors (Lipinski definition) is 2. The Morgan fingerprint density at radius 1 is 1.08 bits per heavy atom. The topological polar surface area (TPSA) is 81.6 Å². The number of fused-ring (bicyclic) bond motifs is 1. The molecule has 7 nitrogen and oxygen atoms in total. The minimum Gasteiger partial charge on any atom is -0.505 e. The molecular weight excluding hydrogens is 521 g/mol. The molecular formula is C29H29Cl2N5O2. The number of phenols is 1. The Morgan fingerprint density at radius 3 is 2.47 bits per heavy atom. The highest BCUT2D eigenvalue weighted by molar-refractivity contribution is 6.37. The van der Waals surface area contributed by atoms with Gasteiger partial charge in [-0.15, -0.1) is 0 Å². The van der Waals surface area contributed by atoms with Crippen molar-refractivity contribution in [3.05, 3.63) is 70.5 Å². The van der Waals surface area contributed by atoms with Gasteiger partial charge >= 0.3 is 0 Å². The minimum absolute atomic E-state index is 0.0420. The Bertz CT molecular complexity index is 1480. The Balaban J connectivity index is 1.51. The fourth-order valence-corrected chi connectivity index (χ4v) is 5.35. The normalized spacial score (nSPS) is 15.4. The maximum atomic E-state index is 12.1. The number of halogens is 2. The van der Waals surface area contributed by atoms with Gasteiger partial charge < -0.3 is 20.2 Å². The van der Waals surface area contributed by atoms with E-state index in [-0.39, 0.29) is 28.0 Å². The smallest absolute Gasteiger partial charge is 0.152 e. The Labute approximate surface area is 232 Å². The number of aromatic hydroxyl groups is 1. The maximum absolute atomic E-state index is 12.1. The van der Waals surface area contributed by atoms with Crippen LogP contribution in [0.3, 0.4) is 0 Å². The highest BCUT2D eigenvalue weighted by atomic mass is 35.5. The molecule has 0 amide bonds. The van der Waals surface area contributed by atoms with Crippen LogP contribution in [0.5, 0.6) is 5.75 Å². The van der Waals surface area contributed by atoms with Crippen LogP contribution in [0.25, 0.3) is 22.0 Å². The van der Waals surface area contributed by atoms with Crippen LogP contribution < -0.4 is 10.2 Å². The number of pyridine rings is 2. The second-order valence-corrected chi connectivity index (χ2v) is 10.8. The van der Waals surface area contributed by atoms with Crippen LogP contribution in [0, 0.1) is 0 Å². The van der Waals surface area contributed by atoms with Crippen LogP contribution in [-0.4, -0.2) is 59.0 Å². The van der Waals surface area contributed by atoms with Crippen molar-refractivity contribution in [3.63, 3.8) is 0 Å². The number of Topliss-reactive ketones (excluding diaryl/α,β-unsaturated/α-hetero) is 1. The van der Waals surface area contributed by atoms with Gasteiger partial charge in [-0.05, 0) is 75.0 Å². The first-order valence-electron chi connectivity index (χ1n) is 12.4. The predicted octanol–water partition coefficient (Wildman–Crippen LogP) is 6.32. The predicted molar refractivity (Wildman–Crippen MR) is 155 cm³/mol. The number of nitrogens with zero attached hydrogens (tertiary/aromatic N) is 4. The molecule has 1 unspecified atom stereocenters. The van der Waals surface area contributed by atoms with Gasteiger partial charge in [0.05, 0.1) is 33.1 Å². The summed E-state index contributed by atoms with van der Waals surface area (Å²) in [5, 5.41) is 14.7. The number of hydrogen-bond acceptors (Lipinski definition) is 7. The van der Waals surface area contributed by atoms with Crippen LogP contribution in [0.15, 0.2) is 54.9 Å². The zero-order valence-corrected chi connectivity index (χ0v) is 23.0. The van der Waals surface area contributed by atoms with E-state index >= 15 is 0 Å². The lowest BCUT2D eigenvalue weighted by Crippen LogP contribution is -2.31. The summed E-state index contributed by atoms with van der Waals surface area (Å²) in [5.74, 6) is 0.847. The lowest BCUT2D eigenvalue weighted by molar-refractivity contribution is -0.116. The first-order chi connectivity index (χ1) is 18.2. The van der Waals surface area contributed by atoms with Gasteiger partial charge in [0, 0.05) is 42.7 Å². The van der Waals surface area contributed by atoms with Gasteiger partial charge in [0.1, 0.15) is 11.6 Å². The number of ketones is 1. The molecule has 1 fully saturated rings. The van der Waals surface area contributed by atoms with E-state index in [0.29, 0.717) is 6.04 Å². The van der Waals surface area contributed by atoms with E-state index in [2.05, 4.69) is 34.2 Å². The second kappa shape index (κ2) is 10.8. The van der Waals surface area contributed by atoms with Crippen molar-refractivity contribution in [2.45, 2.75) is 25.8 Å². The van der Waals surface area contributed by atoms with Gasteiger partial charge in [-0.1, -0.05) is 29.3 Å². The lowest BCUT2D eigenvalue weighted by Gasteiger charge is -2.21. The van der Waals surface area contributed by atoms with Crippen LogP contribution in [-0.2, 0) is 11.2 Å². The Morgan fingerprint density at radius 2 is 1.84 bits per heavy atom. The molecule has 38 heavy (non-hydrogen) atoms. The van der Waals surface area contributed by atoms with Gasteiger partial charge in [-0.25, -0.2) is 4.98 Å². The maximum Gasteiger partial charge on any atom is 0.152 e. The largest absolute Gasteiger partial charge is 0.505 e. The molecule has 4 aromatic rings. The van der Waals surface area contributed by atoms with Crippen molar-refractivity contribution < 1.29 is 9.90 Å². The monoisotopic (exact) mass is 549 g/mol. The summed E-state index contributed by atoms with van der Waals surface area (Å²) in [6.45, 7) is 3.51. The van der Waals surface area contributed by atoms with Crippen LogP contribution in [0.1, 0.15) is 18.9 Å². The summed E-state index contributed by atoms with van der Waals surface area (Å²) >= 11 is 12.4. The number of likely N-dealkylation sites (N-methyl/N-ethyl adjacent to an activating group) is 1. The molecule has 0 aliphatic carbocycles. The second-order valence-electron chi connectivity index (χ2n) is 9.94. The fourth-order valence-electron chi connectivity index (χ4n) is 4.86. The summed E-state index contributed by atoms with van der Waals surface area (Å²) < 4.78 is 0. The molecule has 9 heteroatoms. The van der Waals surface area contributed by atoms with Gasteiger partial charge in [0.2, 0.25) is 0 Å². The number of benzene rings is 2. The van der Waals surface area contributed by atoms with Gasteiger partial charge in [0.15, 0.2) is 5.75 Å². The van der Waals surface area contributed by atoms with E-state index in [1.54, 1.807) is 25.3 Å². The lowest BCUT2D eigenvalue weighted by atomic mass is 9.99. The van der Waals surface area contributed by atoms with Crippen molar-refractivity contribution in [1.82, 2.24) is 14.9 Å². The number of carbonyl (C=O) groups is 1. The van der Waals surface area contributed by atoms with Crippen molar-refractivity contribution >= 4 is 57.1 Å². The molecule has 1 atom stereocenters. The third kappa shape index (κ3) is 5.41. The van der Waals surface area contributed by atoms with E-state index in [9.17, 15) is 9.90 Å². The van der Waals surface area contributed by atoms with E-state index in [1.807, 2.05) is 36.5 Å². The average Bonchev–Trinajstić information content (AvgIpc) is 3.39. The third-order valence-electron chi connectivity index (χ3n) is 6.97. The zero-order valence-electron chi connectivity index (χ0n) is 21.5. The molecule has 3 heterocycles. The van der Waals surface area contributed by atoms with Gasteiger partial charge in [-0.3, -0.25) is 9.78 Å². The summed E-state index contributed by atoms with van der Waals surface area (Å²) in [6.07, 6.45) is 4.93. The highest BCUT2D eigenvalue weighted by Gasteiger charge is 2.24. The SMILES string of the molecule is CC(=O)Cc1cnc2ccc(-c3cc(Cl)c(O)c(Cl)c3)cc2c1Nc1ccc(N2CCC(N(C)C)C2)nc1. The van der Waals surface area contributed by atoms with Crippen LogP contribution >= 0.6 is 23.2 Å². The molecule has 2 N–H and O–H groups in total. The summed E-state index contributed by atoms with van der Waals surface area (Å²) in [4.78, 5) is 26.0. The Hall–Kier alpha value is -3.39. The van der Waals surface area contributed by atoms with E-state index in [0.717, 1.165) is 64.3 Å². The third-order valence-corrected chi connectivity index (χ3v) is 7.55. The molecule has 1 aliphatic heterocycles. The van der Waals surface area contributed by atoms with Gasteiger partial charge in [0.25, 0.3) is 0 Å². The van der Waals surface area contributed by atoms with Crippen molar-refractivity contribution in [2.75, 3.05) is 37.4 Å². The fraction of sp³-hybridized carbons (Fsp3) is 0.276. The number of anilines is 3. The van der Waals surface area contributed by atoms with Crippen molar-refractivity contribution in [1.29, 1.82) is 0 Å². The number of rotatable bonds is 7. The average molecular weight is 550 g/mol. The molecule has 2 aromatic carbocycles. The minimum atomic E-state index is -0.146. The van der Waals surface area contributed by atoms with Crippen LogP contribution in [0.2, 0.25) is 10.0 Å². The van der Waals surface area contributed by atoms with Gasteiger partial charge in [-0.2, -0.15) is 0 Å². The molecule has 196 valence electrons. The molecule has 0 bridgehead atoms. The van der Waals surface area contributed by atoms with E-state index in [4.69, 9.17) is 28.2 Å². The molecule has 0 radical (unpaired) electrons.